The summed E-state index contributed by atoms with van der Waals surface area (Å²) in [6, 6.07) is 8.17. The Morgan fingerprint density at radius 2 is 2.15 bits per heavy atom. The number of aryl methyl sites for hydroxylation is 1. The van der Waals surface area contributed by atoms with Crippen LogP contribution in [0.5, 0.6) is 5.75 Å². The number of carbonyl (C=O) groups excluding carboxylic acids is 2. The highest BCUT2D eigenvalue weighted by atomic mass is 19.4. The van der Waals surface area contributed by atoms with Gasteiger partial charge in [0.25, 0.3) is 11.8 Å². The first-order chi connectivity index (χ1) is 19.7. The van der Waals surface area contributed by atoms with E-state index in [0.717, 1.165) is 23.1 Å². The number of benzene rings is 1. The van der Waals surface area contributed by atoms with Gasteiger partial charge in [0, 0.05) is 31.4 Å². The van der Waals surface area contributed by atoms with Crippen LogP contribution in [0.4, 0.5) is 19.0 Å². The molecule has 0 unspecified atom stereocenters. The second-order valence-electron chi connectivity index (χ2n) is 9.68. The van der Waals surface area contributed by atoms with E-state index in [1.807, 2.05) is 0 Å². The molecule has 0 bridgehead atoms. The van der Waals surface area contributed by atoms with Crippen LogP contribution in [0, 0.1) is 0 Å². The van der Waals surface area contributed by atoms with Crippen LogP contribution in [0.15, 0.2) is 58.6 Å². The van der Waals surface area contributed by atoms with Gasteiger partial charge >= 0.3 is 6.18 Å². The number of hydrogen-bond acceptors (Lipinski definition) is 8. The predicted octanol–water partition coefficient (Wildman–Crippen LogP) is 3.63. The lowest BCUT2D eigenvalue weighted by molar-refractivity contribution is -0.153. The van der Waals surface area contributed by atoms with Crippen LogP contribution in [-0.4, -0.2) is 57.6 Å². The standard InChI is InChI=1S/C27H22F3N7O4/c1-31-10-15-2-5-21(32-11-15)37-23(34-24(38)20-12-40-14-33-20)22-19(36-37)9-26(35-25(22)39)7-6-16-8-17(3-4-18(16)26)41-13-27(28,29)30/h2-5,8,10-12,14H,6-7,9,13H2,1H3,(H,34,38)(H,35,39)/t26-/m0/s1. The number of anilines is 1. The van der Waals surface area contributed by atoms with E-state index < -0.39 is 30.1 Å². The van der Waals surface area contributed by atoms with Gasteiger partial charge < -0.3 is 19.8 Å². The first-order valence-corrected chi connectivity index (χ1v) is 12.5. The Bertz CT molecular complexity index is 1660. The SMILES string of the molecule is CN=Cc1ccc(-n2nc3c(c2NC(=O)c2cocn2)C(=O)N[C@@]2(CCc4cc(OCC(F)(F)F)ccc42)C3)nc1. The fraction of sp³-hybridized carbons (Fsp3) is 0.259. The number of ether oxygens (including phenoxy) is 1. The van der Waals surface area contributed by atoms with Crippen molar-refractivity contribution in [3.63, 3.8) is 0 Å². The fourth-order valence-electron chi connectivity index (χ4n) is 5.26. The van der Waals surface area contributed by atoms with Crippen LogP contribution in [0.2, 0.25) is 0 Å². The Balaban J connectivity index is 1.37. The van der Waals surface area contributed by atoms with E-state index in [2.05, 4.69) is 25.6 Å². The van der Waals surface area contributed by atoms with E-state index >= 15 is 0 Å². The Kier molecular flexibility index (Phi) is 6.31. The van der Waals surface area contributed by atoms with Crippen LogP contribution in [0.1, 0.15) is 49.7 Å². The highest BCUT2D eigenvalue weighted by molar-refractivity contribution is 6.09. The fourth-order valence-corrected chi connectivity index (χ4v) is 5.26. The summed E-state index contributed by atoms with van der Waals surface area (Å²) in [5.41, 5.74) is 2.09. The molecule has 2 aliphatic rings. The molecule has 1 aliphatic carbocycles. The van der Waals surface area contributed by atoms with Gasteiger partial charge in [-0.1, -0.05) is 6.07 Å². The molecule has 4 heterocycles. The number of hydrogen-bond donors (Lipinski definition) is 2. The zero-order valence-electron chi connectivity index (χ0n) is 21.5. The molecule has 210 valence electrons. The van der Waals surface area contributed by atoms with E-state index in [0.29, 0.717) is 24.4 Å². The maximum atomic E-state index is 13.7. The van der Waals surface area contributed by atoms with Gasteiger partial charge in [-0.2, -0.15) is 23.0 Å². The van der Waals surface area contributed by atoms with Crippen LogP contribution in [-0.2, 0) is 18.4 Å². The Morgan fingerprint density at radius 3 is 2.85 bits per heavy atom. The van der Waals surface area contributed by atoms with E-state index in [-0.39, 0.29) is 29.2 Å². The summed E-state index contributed by atoms with van der Waals surface area (Å²) < 4.78 is 49.1. The number of nitrogens with zero attached hydrogens (tertiary/aromatic N) is 5. The molecule has 1 aromatic carbocycles. The average molecular weight is 566 g/mol. The Morgan fingerprint density at radius 1 is 1.29 bits per heavy atom. The number of aliphatic imine (C=N–C) groups is 1. The molecule has 0 radical (unpaired) electrons. The van der Waals surface area contributed by atoms with Crippen molar-refractivity contribution in [1.82, 2.24) is 25.1 Å². The number of oxazole rings is 1. The van der Waals surface area contributed by atoms with Crippen molar-refractivity contribution in [3.05, 3.63) is 82.8 Å². The molecule has 2 N–H and O–H groups in total. The number of alkyl halides is 3. The van der Waals surface area contributed by atoms with E-state index in [9.17, 15) is 22.8 Å². The molecule has 3 aromatic heterocycles. The monoisotopic (exact) mass is 565 g/mol. The van der Waals surface area contributed by atoms with E-state index in [1.165, 1.54) is 17.0 Å². The highest BCUT2D eigenvalue weighted by Gasteiger charge is 2.47. The van der Waals surface area contributed by atoms with Gasteiger partial charge in [0.15, 0.2) is 30.3 Å². The summed E-state index contributed by atoms with van der Waals surface area (Å²) in [6.07, 6.45) is 2.36. The quantitative estimate of drug-likeness (QED) is 0.341. The van der Waals surface area contributed by atoms with E-state index in [1.54, 1.807) is 43.7 Å². The summed E-state index contributed by atoms with van der Waals surface area (Å²) in [4.78, 5) is 38.9. The lowest BCUT2D eigenvalue weighted by Gasteiger charge is -2.35. The maximum Gasteiger partial charge on any atom is 0.422 e. The van der Waals surface area contributed by atoms with E-state index in [4.69, 9.17) is 14.3 Å². The molecule has 1 spiro atoms. The maximum absolute atomic E-state index is 13.7. The van der Waals surface area contributed by atoms with Gasteiger partial charge in [0.1, 0.15) is 17.6 Å². The van der Waals surface area contributed by atoms with Crippen LogP contribution in [0.3, 0.4) is 0 Å². The Labute approximate surface area is 230 Å². The minimum absolute atomic E-state index is 0.00918. The number of carbonyl (C=O) groups is 2. The molecule has 41 heavy (non-hydrogen) atoms. The van der Waals surface area contributed by atoms with Crippen molar-refractivity contribution in [2.75, 3.05) is 19.0 Å². The number of aromatic nitrogens is 4. The molecular weight excluding hydrogens is 543 g/mol. The van der Waals surface area contributed by atoms with Crippen molar-refractivity contribution in [2.24, 2.45) is 4.99 Å². The first-order valence-electron chi connectivity index (χ1n) is 12.5. The van der Waals surface area contributed by atoms with Crippen molar-refractivity contribution in [3.8, 4) is 11.6 Å². The minimum Gasteiger partial charge on any atom is -0.484 e. The smallest absolute Gasteiger partial charge is 0.422 e. The normalized spacial score (nSPS) is 17.9. The lowest BCUT2D eigenvalue weighted by atomic mass is 9.82. The molecule has 4 aromatic rings. The van der Waals surface area contributed by atoms with Gasteiger partial charge in [0.05, 0.1) is 11.2 Å². The zero-order valence-corrected chi connectivity index (χ0v) is 21.5. The number of amides is 2. The second kappa shape index (κ2) is 9.87. The number of rotatable bonds is 6. The third kappa shape index (κ3) is 4.92. The van der Waals surface area contributed by atoms with Crippen molar-refractivity contribution in [2.45, 2.75) is 31.0 Å². The van der Waals surface area contributed by atoms with Crippen LogP contribution >= 0.6 is 0 Å². The summed E-state index contributed by atoms with van der Waals surface area (Å²) in [7, 11) is 1.64. The molecule has 1 atom stereocenters. The van der Waals surface area contributed by atoms with Gasteiger partial charge in [-0.3, -0.25) is 14.6 Å². The summed E-state index contributed by atoms with van der Waals surface area (Å²) in [6.45, 7) is -1.39. The van der Waals surface area contributed by atoms with Crippen molar-refractivity contribution in [1.29, 1.82) is 0 Å². The van der Waals surface area contributed by atoms with Gasteiger partial charge in [0.2, 0.25) is 0 Å². The number of nitrogens with one attached hydrogen (secondary N) is 2. The summed E-state index contributed by atoms with van der Waals surface area (Å²) in [5, 5.41) is 10.5. The summed E-state index contributed by atoms with van der Waals surface area (Å²) >= 11 is 0. The molecule has 0 saturated carbocycles. The van der Waals surface area contributed by atoms with Gasteiger partial charge in [-0.05, 0) is 48.2 Å². The molecule has 2 amide bonds. The Hall–Kier alpha value is -5.01. The highest BCUT2D eigenvalue weighted by Crippen LogP contribution is 2.44. The first kappa shape index (κ1) is 26.2. The second-order valence-corrected chi connectivity index (χ2v) is 9.68. The lowest BCUT2D eigenvalue weighted by Crippen LogP contribution is -2.49. The topological polar surface area (TPSA) is 137 Å². The molecule has 11 nitrogen and oxygen atoms in total. The third-order valence-electron chi connectivity index (χ3n) is 6.99. The number of halogens is 3. The van der Waals surface area contributed by atoms with Crippen LogP contribution in [0.25, 0.3) is 5.82 Å². The molecule has 0 saturated heterocycles. The predicted molar refractivity (Wildman–Crippen MR) is 138 cm³/mol. The molecule has 14 heteroatoms. The number of pyridine rings is 1. The molecule has 1 aliphatic heterocycles. The average Bonchev–Trinajstić information content (AvgIpc) is 3.67. The van der Waals surface area contributed by atoms with Crippen LogP contribution < -0.4 is 15.4 Å². The summed E-state index contributed by atoms with van der Waals surface area (Å²) in [5.74, 6) is -0.510. The minimum atomic E-state index is -4.45. The van der Waals surface area contributed by atoms with Crippen molar-refractivity contribution >= 4 is 23.8 Å². The largest absolute Gasteiger partial charge is 0.484 e. The molecule has 0 fully saturated rings. The number of fused-ring (bicyclic) bond motifs is 3. The van der Waals surface area contributed by atoms with Gasteiger partial charge in [-0.15, -0.1) is 0 Å². The molecular formula is C27H22F3N7O4. The molecule has 6 rings (SSSR count). The third-order valence-corrected chi connectivity index (χ3v) is 6.99. The van der Waals surface area contributed by atoms with Gasteiger partial charge in [-0.25, -0.2) is 9.97 Å². The zero-order chi connectivity index (χ0) is 28.8. The van der Waals surface area contributed by atoms with Crippen molar-refractivity contribution < 1.29 is 31.9 Å².